The first-order valence-electron chi connectivity index (χ1n) is 5.70. The van der Waals surface area contributed by atoms with Crippen molar-refractivity contribution in [1.82, 2.24) is 0 Å². The molecule has 0 aliphatic carbocycles. The fourth-order valence-corrected chi connectivity index (χ4v) is 2.21. The fourth-order valence-electron chi connectivity index (χ4n) is 2.21. The molecule has 88 valence electrons. The maximum absolute atomic E-state index is 5.79. The van der Waals surface area contributed by atoms with E-state index in [1.807, 2.05) is 6.92 Å². The summed E-state index contributed by atoms with van der Waals surface area (Å²) in [5.41, 5.74) is 9.33. The van der Waals surface area contributed by atoms with Crippen LogP contribution < -0.4 is 10.6 Å². The Balaban J connectivity index is 2.38. The van der Waals surface area contributed by atoms with Gasteiger partial charge in [-0.25, -0.2) is 0 Å². The number of nitrogens with two attached hydrogens (primary N) is 1. The van der Waals surface area contributed by atoms with E-state index in [0.29, 0.717) is 6.54 Å². The topological polar surface area (TPSA) is 38.5 Å². The molecule has 1 heterocycles. The summed E-state index contributed by atoms with van der Waals surface area (Å²) in [5.74, 6) is 0. The first-order chi connectivity index (χ1) is 7.60. The van der Waals surface area contributed by atoms with Crippen molar-refractivity contribution in [3.05, 3.63) is 29.3 Å². The van der Waals surface area contributed by atoms with Crippen molar-refractivity contribution in [3.63, 3.8) is 0 Å². The van der Waals surface area contributed by atoms with Gasteiger partial charge < -0.3 is 15.4 Å². The van der Waals surface area contributed by atoms with E-state index >= 15 is 0 Å². The Kier molecular flexibility index (Phi) is 2.91. The summed E-state index contributed by atoms with van der Waals surface area (Å²) >= 11 is 0. The van der Waals surface area contributed by atoms with Crippen LogP contribution in [0.3, 0.4) is 0 Å². The molecule has 1 unspecified atom stereocenters. The Morgan fingerprint density at radius 3 is 2.88 bits per heavy atom. The van der Waals surface area contributed by atoms with E-state index in [1.165, 1.54) is 16.8 Å². The van der Waals surface area contributed by atoms with E-state index < -0.39 is 0 Å². The number of benzene rings is 1. The van der Waals surface area contributed by atoms with Gasteiger partial charge in [-0.3, -0.25) is 0 Å². The van der Waals surface area contributed by atoms with Gasteiger partial charge in [-0.05, 0) is 30.5 Å². The second kappa shape index (κ2) is 4.07. The fraction of sp³-hybridized carbons (Fsp3) is 0.538. The molecular formula is C13H20N2O. The lowest BCUT2D eigenvalue weighted by Crippen LogP contribution is -2.33. The van der Waals surface area contributed by atoms with Crippen LogP contribution in [-0.2, 0) is 16.8 Å². The molecular weight excluding hydrogens is 200 g/mol. The molecule has 0 saturated heterocycles. The van der Waals surface area contributed by atoms with E-state index in [-0.39, 0.29) is 5.60 Å². The van der Waals surface area contributed by atoms with Gasteiger partial charge in [-0.1, -0.05) is 12.1 Å². The number of likely N-dealkylation sites (N-methyl/N-ethyl adjacent to an activating group) is 1. The molecule has 16 heavy (non-hydrogen) atoms. The molecule has 0 saturated carbocycles. The summed E-state index contributed by atoms with van der Waals surface area (Å²) < 4.78 is 5.52. The largest absolute Gasteiger partial charge is 0.374 e. The molecule has 1 aliphatic heterocycles. The van der Waals surface area contributed by atoms with Gasteiger partial charge in [-0.15, -0.1) is 0 Å². The van der Waals surface area contributed by atoms with E-state index in [1.54, 1.807) is 7.11 Å². The van der Waals surface area contributed by atoms with Crippen LogP contribution in [0.1, 0.15) is 18.1 Å². The number of methoxy groups -OCH3 is 1. The third-order valence-electron chi connectivity index (χ3n) is 3.66. The molecule has 0 fully saturated rings. The molecule has 0 radical (unpaired) electrons. The van der Waals surface area contributed by atoms with Crippen molar-refractivity contribution in [2.75, 3.05) is 32.1 Å². The number of hydrogen-bond acceptors (Lipinski definition) is 3. The van der Waals surface area contributed by atoms with Gasteiger partial charge in [0.1, 0.15) is 5.60 Å². The van der Waals surface area contributed by atoms with E-state index in [2.05, 4.69) is 30.1 Å². The summed E-state index contributed by atoms with van der Waals surface area (Å²) in [5, 5.41) is 0. The lowest BCUT2D eigenvalue weighted by molar-refractivity contribution is 0.0100. The SMILES string of the molecule is COC(C)(CN)c1ccc2c(c1)CCN2C. The second-order valence-corrected chi connectivity index (χ2v) is 4.65. The van der Waals surface area contributed by atoms with E-state index in [9.17, 15) is 0 Å². The van der Waals surface area contributed by atoms with Crippen molar-refractivity contribution in [2.45, 2.75) is 18.9 Å². The van der Waals surface area contributed by atoms with Gasteiger partial charge >= 0.3 is 0 Å². The van der Waals surface area contributed by atoms with Crippen molar-refractivity contribution in [2.24, 2.45) is 5.73 Å². The normalized spacial score (nSPS) is 18.4. The van der Waals surface area contributed by atoms with Crippen LogP contribution in [0.4, 0.5) is 5.69 Å². The zero-order valence-electron chi connectivity index (χ0n) is 10.3. The van der Waals surface area contributed by atoms with Crippen molar-refractivity contribution in [3.8, 4) is 0 Å². The molecule has 2 rings (SSSR count). The van der Waals surface area contributed by atoms with Crippen LogP contribution in [0, 0.1) is 0 Å². The summed E-state index contributed by atoms with van der Waals surface area (Å²) in [6.07, 6.45) is 1.12. The van der Waals surface area contributed by atoms with Crippen molar-refractivity contribution < 1.29 is 4.74 Å². The van der Waals surface area contributed by atoms with Gasteiger partial charge in [0, 0.05) is 32.9 Å². The van der Waals surface area contributed by atoms with Crippen molar-refractivity contribution in [1.29, 1.82) is 0 Å². The Morgan fingerprint density at radius 1 is 1.50 bits per heavy atom. The second-order valence-electron chi connectivity index (χ2n) is 4.65. The summed E-state index contributed by atoms with van der Waals surface area (Å²) in [4.78, 5) is 2.28. The van der Waals surface area contributed by atoms with Crippen LogP contribution >= 0.6 is 0 Å². The van der Waals surface area contributed by atoms with Crippen LogP contribution in [0.2, 0.25) is 0 Å². The first-order valence-corrected chi connectivity index (χ1v) is 5.70. The molecule has 3 nitrogen and oxygen atoms in total. The van der Waals surface area contributed by atoms with Gasteiger partial charge in [0.25, 0.3) is 0 Å². The molecule has 1 aromatic carbocycles. The van der Waals surface area contributed by atoms with Gasteiger partial charge in [0.2, 0.25) is 0 Å². The molecule has 3 heteroatoms. The molecule has 1 aliphatic rings. The quantitative estimate of drug-likeness (QED) is 0.839. The molecule has 0 spiro atoms. The average molecular weight is 220 g/mol. The number of hydrogen-bond donors (Lipinski definition) is 1. The van der Waals surface area contributed by atoms with Crippen LogP contribution in [-0.4, -0.2) is 27.2 Å². The minimum absolute atomic E-state index is 0.365. The summed E-state index contributed by atoms with van der Waals surface area (Å²) in [7, 11) is 3.84. The summed E-state index contributed by atoms with van der Waals surface area (Å²) in [6, 6.07) is 6.52. The number of fused-ring (bicyclic) bond motifs is 1. The lowest BCUT2D eigenvalue weighted by atomic mass is 9.93. The lowest BCUT2D eigenvalue weighted by Gasteiger charge is -2.27. The van der Waals surface area contributed by atoms with Gasteiger partial charge in [0.05, 0.1) is 0 Å². The average Bonchev–Trinajstić information content (AvgIpc) is 2.69. The number of nitrogens with zero attached hydrogens (tertiary/aromatic N) is 1. The van der Waals surface area contributed by atoms with Crippen molar-refractivity contribution >= 4 is 5.69 Å². The molecule has 0 bridgehead atoms. The smallest absolute Gasteiger partial charge is 0.102 e. The van der Waals surface area contributed by atoms with E-state index in [4.69, 9.17) is 10.5 Å². The molecule has 2 N–H and O–H groups in total. The highest BCUT2D eigenvalue weighted by Crippen LogP contribution is 2.32. The van der Waals surface area contributed by atoms with Crippen LogP contribution in [0.25, 0.3) is 0 Å². The number of anilines is 1. The Labute approximate surface area is 97.2 Å². The monoisotopic (exact) mass is 220 g/mol. The number of rotatable bonds is 3. The zero-order valence-corrected chi connectivity index (χ0v) is 10.3. The zero-order chi connectivity index (χ0) is 11.8. The predicted molar refractivity (Wildman–Crippen MR) is 66.8 cm³/mol. The molecule has 1 aromatic rings. The maximum atomic E-state index is 5.79. The Bertz CT molecular complexity index is 386. The maximum Gasteiger partial charge on any atom is 0.102 e. The third-order valence-corrected chi connectivity index (χ3v) is 3.66. The highest BCUT2D eigenvalue weighted by Gasteiger charge is 2.26. The molecule has 1 atom stereocenters. The molecule has 0 amide bonds. The molecule has 0 aromatic heterocycles. The minimum atomic E-state index is -0.365. The number of ether oxygens (including phenoxy) is 1. The summed E-state index contributed by atoms with van der Waals surface area (Å²) in [6.45, 7) is 3.64. The third kappa shape index (κ3) is 1.70. The minimum Gasteiger partial charge on any atom is -0.374 e. The Hall–Kier alpha value is -1.06. The van der Waals surface area contributed by atoms with Crippen LogP contribution in [0.15, 0.2) is 18.2 Å². The standard InChI is InChI=1S/C13H20N2O/c1-13(9-14,16-3)11-4-5-12-10(8-11)6-7-15(12)2/h4-5,8H,6-7,9,14H2,1-3H3. The van der Waals surface area contributed by atoms with Gasteiger partial charge in [-0.2, -0.15) is 0 Å². The van der Waals surface area contributed by atoms with E-state index in [0.717, 1.165) is 13.0 Å². The highest BCUT2D eigenvalue weighted by atomic mass is 16.5. The highest BCUT2D eigenvalue weighted by molar-refractivity contribution is 5.59. The van der Waals surface area contributed by atoms with Gasteiger partial charge in [0.15, 0.2) is 0 Å². The van der Waals surface area contributed by atoms with Crippen LogP contribution in [0.5, 0.6) is 0 Å². The Morgan fingerprint density at radius 2 is 2.25 bits per heavy atom. The first kappa shape index (κ1) is 11.4. The predicted octanol–water partition coefficient (Wildman–Crippen LogP) is 1.50.